The summed E-state index contributed by atoms with van der Waals surface area (Å²) in [6.45, 7) is 4.55. The molecule has 1 fully saturated rings. The summed E-state index contributed by atoms with van der Waals surface area (Å²) in [5.74, 6) is 2.25. The third-order valence-corrected chi connectivity index (χ3v) is 3.62. The Morgan fingerprint density at radius 2 is 1.56 bits per heavy atom. The number of hydrogen-bond acceptors (Lipinski definition) is 3. The highest BCUT2D eigenvalue weighted by molar-refractivity contribution is 6.58. The van der Waals surface area contributed by atoms with Crippen LogP contribution < -0.4 is 10.2 Å². The summed E-state index contributed by atoms with van der Waals surface area (Å²) < 4.78 is 5.97. The van der Waals surface area contributed by atoms with Crippen molar-refractivity contribution in [3.63, 3.8) is 0 Å². The molecular weight excluding hydrogens is 227 g/mol. The van der Waals surface area contributed by atoms with Crippen LogP contribution in [0.3, 0.4) is 0 Å². The van der Waals surface area contributed by atoms with Crippen LogP contribution in [-0.2, 0) is 0 Å². The molecule has 1 aliphatic carbocycles. The van der Waals surface area contributed by atoms with Gasteiger partial charge in [0.1, 0.15) is 5.75 Å². The molecule has 3 nitrogen and oxygen atoms in total. The minimum absolute atomic E-state index is 0.286. The first kappa shape index (κ1) is 13.4. The minimum atomic E-state index is -1.41. The molecule has 0 aromatic heterocycles. The SMILES string of the molecule is CC1CC(C)CC(Oc2ccc(B(O)O)cc2)C1. The van der Waals surface area contributed by atoms with Gasteiger partial charge in [0.05, 0.1) is 6.10 Å². The van der Waals surface area contributed by atoms with Crippen LogP contribution in [0, 0.1) is 11.8 Å². The number of rotatable bonds is 3. The molecule has 0 heterocycles. The van der Waals surface area contributed by atoms with Crippen molar-refractivity contribution in [1.29, 1.82) is 0 Å². The van der Waals surface area contributed by atoms with Gasteiger partial charge in [-0.2, -0.15) is 0 Å². The van der Waals surface area contributed by atoms with E-state index >= 15 is 0 Å². The fourth-order valence-electron chi connectivity index (χ4n) is 2.88. The Kier molecular flexibility index (Phi) is 4.30. The van der Waals surface area contributed by atoms with E-state index in [1.165, 1.54) is 6.42 Å². The second kappa shape index (κ2) is 5.76. The van der Waals surface area contributed by atoms with Crippen molar-refractivity contribution in [2.24, 2.45) is 11.8 Å². The van der Waals surface area contributed by atoms with E-state index in [-0.39, 0.29) is 6.10 Å². The van der Waals surface area contributed by atoms with Gasteiger partial charge in [0.25, 0.3) is 0 Å². The molecule has 4 heteroatoms. The summed E-state index contributed by atoms with van der Waals surface area (Å²) in [6.07, 6.45) is 3.78. The predicted molar refractivity (Wildman–Crippen MR) is 72.9 cm³/mol. The van der Waals surface area contributed by atoms with E-state index in [0.29, 0.717) is 5.46 Å². The largest absolute Gasteiger partial charge is 0.490 e. The van der Waals surface area contributed by atoms with Gasteiger partial charge < -0.3 is 14.8 Å². The minimum Gasteiger partial charge on any atom is -0.490 e. The lowest BCUT2D eigenvalue weighted by molar-refractivity contribution is 0.101. The summed E-state index contributed by atoms with van der Waals surface area (Å²) in [7, 11) is -1.41. The van der Waals surface area contributed by atoms with E-state index in [1.807, 2.05) is 0 Å². The van der Waals surface area contributed by atoms with Gasteiger partial charge in [0.15, 0.2) is 0 Å². The maximum atomic E-state index is 9.02. The molecule has 2 unspecified atom stereocenters. The monoisotopic (exact) mass is 248 g/mol. The smallest absolute Gasteiger partial charge is 0.488 e. The Morgan fingerprint density at radius 1 is 1.00 bits per heavy atom. The molecule has 2 rings (SSSR count). The highest BCUT2D eigenvalue weighted by Gasteiger charge is 2.25. The molecule has 0 amide bonds. The molecule has 0 radical (unpaired) electrons. The molecular formula is C14H21BO3. The van der Waals surface area contributed by atoms with Crippen molar-refractivity contribution in [2.45, 2.75) is 39.2 Å². The predicted octanol–water partition coefficient (Wildman–Crippen LogP) is 1.57. The zero-order valence-corrected chi connectivity index (χ0v) is 11.0. The van der Waals surface area contributed by atoms with E-state index in [4.69, 9.17) is 14.8 Å². The first-order chi connectivity index (χ1) is 8.54. The third-order valence-electron chi connectivity index (χ3n) is 3.62. The van der Waals surface area contributed by atoms with E-state index in [2.05, 4.69) is 13.8 Å². The van der Waals surface area contributed by atoms with Crippen molar-refractivity contribution < 1.29 is 14.8 Å². The highest BCUT2D eigenvalue weighted by Crippen LogP contribution is 2.31. The van der Waals surface area contributed by atoms with Crippen LogP contribution in [0.4, 0.5) is 0 Å². The Morgan fingerprint density at radius 3 is 2.06 bits per heavy atom. The first-order valence-corrected chi connectivity index (χ1v) is 6.67. The van der Waals surface area contributed by atoms with Crippen LogP contribution in [-0.4, -0.2) is 23.3 Å². The summed E-state index contributed by atoms with van der Waals surface area (Å²) in [5.41, 5.74) is 0.493. The Bertz CT molecular complexity index is 367. The zero-order valence-electron chi connectivity index (χ0n) is 11.0. The maximum absolute atomic E-state index is 9.02. The Labute approximate surface area is 109 Å². The lowest BCUT2D eigenvalue weighted by Crippen LogP contribution is -2.30. The third kappa shape index (κ3) is 3.50. The molecule has 1 saturated carbocycles. The molecule has 0 spiro atoms. The summed E-state index contributed by atoms with van der Waals surface area (Å²) in [6, 6.07) is 6.99. The fraction of sp³-hybridized carbons (Fsp3) is 0.571. The van der Waals surface area contributed by atoms with E-state index in [0.717, 1.165) is 30.4 Å². The van der Waals surface area contributed by atoms with Crippen LogP contribution in [0.15, 0.2) is 24.3 Å². The van der Waals surface area contributed by atoms with Gasteiger partial charge in [-0.1, -0.05) is 26.0 Å². The van der Waals surface area contributed by atoms with Gasteiger partial charge in [0.2, 0.25) is 0 Å². The van der Waals surface area contributed by atoms with E-state index in [1.54, 1.807) is 24.3 Å². The second-order valence-corrected chi connectivity index (χ2v) is 5.60. The summed E-state index contributed by atoms with van der Waals surface area (Å²) in [5, 5.41) is 18.0. The van der Waals surface area contributed by atoms with Crippen LogP contribution in [0.1, 0.15) is 33.1 Å². The summed E-state index contributed by atoms with van der Waals surface area (Å²) in [4.78, 5) is 0. The zero-order chi connectivity index (χ0) is 13.1. The van der Waals surface area contributed by atoms with Gasteiger partial charge in [-0.05, 0) is 48.7 Å². The standard InChI is InChI=1S/C14H21BO3/c1-10-7-11(2)9-14(8-10)18-13-5-3-12(4-6-13)15(16)17/h3-6,10-11,14,16-17H,7-9H2,1-2H3. The molecule has 1 aromatic carbocycles. The lowest BCUT2D eigenvalue weighted by atomic mass is 9.80. The second-order valence-electron chi connectivity index (χ2n) is 5.60. The Balaban J connectivity index is 1.96. The molecule has 2 atom stereocenters. The van der Waals surface area contributed by atoms with Gasteiger partial charge >= 0.3 is 7.12 Å². The number of ether oxygens (including phenoxy) is 1. The Hall–Kier alpha value is -0.995. The van der Waals surface area contributed by atoms with Crippen LogP contribution in [0.2, 0.25) is 0 Å². The van der Waals surface area contributed by atoms with Gasteiger partial charge in [0, 0.05) is 0 Å². The number of benzene rings is 1. The van der Waals surface area contributed by atoms with Crippen LogP contribution in [0.5, 0.6) is 5.75 Å². The van der Waals surface area contributed by atoms with Crippen molar-refractivity contribution >= 4 is 12.6 Å². The first-order valence-electron chi connectivity index (χ1n) is 6.67. The normalized spacial score (nSPS) is 27.9. The topological polar surface area (TPSA) is 49.7 Å². The number of hydrogen-bond donors (Lipinski definition) is 2. The molecule has 0 aliphatic heterocycles. The van der Waals surface area contributed by atoms with Crippen molar-refractivity contribution in [1.82, 2.24) is 0 Å². The molecule has 0 bridgehead atoms. The van der Waals surface area contributed by atoms with Crippen LogP contribution >= 0.6 is 0 Å². The van der Waals surface area contributed by atoms with Gasteiger partial charge in [-0.25, -0.2) is 0 Å². The maximum Gasteiger partial charge on any atom is 0.488 e. The van der Waals surface area contributed by atoms with Crippen molar-refractivity contribution in [3.8, 4) is 5.75 Å². The quantitative estimate of drug-likeness (QED) is 0.798. The molecule has 18 heavy (non-hydrogen) atoms. The van der Waals surface area contributed by atoms with Crippen LogP contribution in [0.25, 0.3) is 0 Å². The molecule has 0 saturated heterocycles. The highest BCUT2D eigenvalue weighted by atomic mass is 16.5. The average Bonchev–Trinajstić information content (AvgIpc) is 2.28. The van der Waals surface area contributed by atoms with E-state index < -0.39 is 7.12 Å². The van der Waals surface area contributed by atoms with Crippen molar-refractivity contribution in [2.75, 3.05) is 0 Å². The van der Waals surface area contributed by atoms with E-state index in [9.17, 15) is 0 Å². The molecule has 98 valence electrons. The summed E-state index contributed by atoms with van der Waals surface area (Å²) >= 11 is 0. The van der Waals surface area contributed by atoms with Crippen molar-refractivity contribution in [3.05, 3.63) is 24.3 Å². The van der Waals surface area contributed by atoms with Gasteiger partial charge in [-0.15, -0.1) is 0 Å². The average molecular weight is 248 g/mol. The van der Waals surface area contributed by atoms with Gasteiger partial charge in [-0.3, -0.25) is 0 Å². The fourth-order valence-corrected chi connectivity index (χ4v) is 2.88. The lowest BCUT2D eigenvalue weighted by Gasteiger charge is -2.31. The molecule has 1 aliphatic rings. The molecule has 1 aromatic rings. The molecule has 2 N–H and O–H groups in total.